The summed E-state index contributed by atoms with van der Waals surface area (Å²) in [7, 11) is 0. The molecule has 1 aromatic rings. The number of hydrogen-bond acceptors (Lipinski definition) is 2. The molecule has 2 nitrogen and oxygen atoms in total. The minimum atomic E-state index is 0.522. The molecule has 3 rings (SSSR count). The zero-order valence-electron chi connectivity index (χ0n) is 10.1. The zero-order valence-corrected chi connectivity index (χ0v) is 10.9. The zero-order chi connectivity index (χ0) is 11.8. The second-order valence-electron chi connectivity index (χ2n) is 4.76. The molecule has 2 aliphatic rings. The molecule has 0 amide bonds. The van der Waals surface area contributed by atoms with E-state index < -0.39 is 0 Å². The van der Waals surface area contributed by atoms with E-state index in [1.807, 2.05) is 0 Å². The largest absolute Gasteiger partial charge is 0.493 e. The number of hydrogen-bond donors (Lipinski definition) is 0. The molecule has 0 aromatic heterocycles. The van der Waals surface area contributed by atoms with E-state index in [2.05, 4.69) is 6.92 Å². The van der Waals surface area contributed by atoms with Crippen LogP contribution >= 0.6 is 11.6 Å². The Morgan fingerprint density at radius 3 is 2.35 bits per heavy atom. The Kier molecular flexibility index (Phi) is 2.91. The number of halogens is 1. The summed E-state index contributed by atoms with van der Waals surface area (Å²) in [5.41, 5.74) is 5.03. The SMILES string of the molecule is Cc1c2c(c(CCl)c3c1OCCC3)OCCC2. The van der Waals surface area contributed by atoms with E-state index in [1.54, 1.807) is 0 Å². The van der Waals surface area contributed by atoms with Crippen LogP contribution in [0.1, 0.15) is 35.1 Å². The molecule has 1 aromatic carbocycles. The van der Waals surface area contributed by atoms with Gasteiger partial charge in [0.25, 0.3) is 0 Å². The maximum Gasteiger partial charge on any atom is 0.127 e. The fourth-order valence-electron chi connectivity index (χ4n) is 2.91. The first-order valence-electron chi connectivity index (χ1n) is 6.31. The Labute approximate surface area is 107 Å². The second-order valence-corrected chi connectivity index (χ2v) is 5.02. The lowest BCUT2D eigenvalue weighted by Gasteiger charge is -2.29. The van der Waals surface area contributed by atoms with Crippen LogP contribution in [0.4, 0.5) is 0 Å². The molecule has 2 aliphatic heterocycles. The number of alkyl halides is 1. The molecule has 2 heterocycles. The summed E-state index contributed by atoms with van der Waals surface area (Å²) in [5.74, 6) is 2.65. The van der Waals surface area contributed by atoms with Crippen molar-refractivity contribution in [2.75, 3.05) is 13.2 Å². The van der Waals surface area contributed by atoms with Crippen LogP contribution in [0.5, 0.6) is 11.5 Å². The number of fused-ring (bicyclic) bond motifs is 2. The fraction of sp³-hybridized carbons (Fsp3) is 0.571. The monoisotopic (exact) mass is 252 g/mol. The van der Waals surface area contributed by atoms with Gasteiger partial charge in [-0.05, 0) is 38.2 Å². The van der Waals surface area contributed by atoms with Crippen LogP contribution in [0, 0.1) is 6.92 Å². The number of rotatable bonds is 1. The Hall–Kier alpha value is -0.890. The number of ether oxygens (including phenoxy) is 2. The van der Waals surface area contributed by atoms with Gasteiger partial charge in [-0.1, -0.05) is 0 Å². The summed E-state index contributed by atoms with van der Waals surface area (Å²) >= 11 is 6.12. The first-order valence-corrected chi connectivity index (χ1v) is 6.85. The van der Waals surface area contributed by atoms with Crippen molar-refractivity contribution < 1.29 is 9.47 Å². The quantitative estimate of drug-likeness (QED) is 0.714. The van der Waals surface area contributed by atoms with Gasteiger partial charge in [0.2, 0.25) is 0 Å². The average Bonchev–Trinajstić information content (AvgIpc) is 2.40. The van der Waals surface area contributed by atoms with Gasteiger partial charge in [0.05, 0.1) is 19.1 Å². The van der Waals surface area contributed by atoms with Gasteiger partial charge in [0.1, 0.15) is 11.5 Å². The van der Waals surface area contributed by atoms with Crippen molar-refractivity contribution in [1.82, 2.24) is 0 Å². The molecule has 0 fully saturated rings. The lowest BCUT2D eigenvalue weighted by atomic mass is 9.90. The van der Waals surface area contributed by atoms with Crippen molar-refractivity contribution in [2.24, 2.45) is 0 Å². The number of benzene rings is 1. The normalized spacial score (nSPS) is 17.8. The highest BCUT2D eigenvalue weighted by Crippen LogP contribution is 2.43. The average molecular weight is 253 g/mol. The van der Waals surface area contributed by atoms with Crippen LogP contribution < -0.4 is 9.47 Å². The van der Waals surface area contributed by atoms with Crippen LogP contribution in [-0.2, 0) is 18.7 Å². The van der Waals surface area contributed by atoms with Crippen LogP contribution in [0.15, 0.2) is 0 Å². The topological polar surface area (TPSA) is 18.5 Å². The highest BCUT2D eigenvalue weighted by atomic mass is 35.5. The molecule has 0 radical (unpaired) electrons. The summed E-state index contributed by atoms with van der Waals surface area (Å²) in [6.45, 7) is 3.79. The van der Waals surface area contributed by atoms with Gasteiger partial charge in [-0.3, -0.25) is 0 Å². The molecular weight excluding hydrogens is 236 g/mol. The minimum absolute atomic E-state index is 0.522. The second kappa shape index (κ2) is 4.41. The van der Waals surface area contributed by atoms with Crippen molar-refractivity contribution >= 4 is 11.6 Å². The third kappa shape index (κ3) is 1.70. The van der Waals surface area contributed by atoms with Gasteiger partial charge < -0.3 is 9.47 Å². The van der Waals surface area contributed by atoms with Gasteiger partial charge in [-0.2, -0.15) is 0 Å². The highest BCUT2D eigenvalue weighted by Gasteiger charge is 2.26. The van der Waals surface area contributed by atoms with Gasteiger partial charge in [-0.25, -0.2) is 0 Å². The van der Waals surface area contributed by atoms with Crippen molar-refractivity contribution in [1.29, 1.82) is 0 Å². The van der Waals surface area contributed by atoms with Gasteiger partial charge in [0, 0.05) is 16.7 Å². The minimum Gasteiger partial charge on any atom is -0.493 e. The first-order chi connectivity index (χ1) is 8.33. The molecule has 3 heteroatoms. The summed E-state index contributed by atoms with van der Waals surface area (Å²) < 4.78 is 11.7. The van der Waals surface area contributed by atoms with Crippen LogP contribution in [-0.4, -0.2) is 13.2 Å². The van der Waals surface area contributed by atoms with E-state index in [4.69, 9.17) is 21.1 Å². The fourth-order valence-corrected chi connectivity index (χ4v) is 3.20. The molecule has 0 unspecified atom stereocenters. The third-order valence-corrected chi connectivity index (χ3v) is 4.02. The van der Waals surface area contributed by atoms with Gasteiger partial charge in [-0.15, -0.1) is 11.6 Å². The lowest BCUT2D eigenvalue weighted by Crippen LogP contribution is -2.18. The molecule has 0 aliphatic carbocycles. The Morgan fingerprint density at radius 2 is 1.65 bits per heavy atom. The molecule has 0 spiro atoms. The molecule has 0 bridgehead atoms. The molecule has 0 saturated carbocycles. The summed E-state index contributed by atoms with van der Waals surface area (Å²) in [4.78, 5) is 0. The summed E-state index contributed by atoms with van der Waals surface area (Å²) in [5, 5.41) is 0. The molecular formula is C14H17ClO2. The molecule has 0 saturated heterocycles. The Morgan fingerprint density at radius 1 is 1.00 bits per heavy atom. The Balaban J connectivity index is 2.25. The third-order valence-electron chi connectivity index (χ3n) is 3.75. The molecule has 0 atom stereocenters. The van der Waals surface area contributed by atoms with E-state index in [-0.39, 0.29) is 0 Å². The van der Waals surface area contributed by atoms with Crippen LogP contribution in [0.25, 0.3) is 0 Å². The predicted molar refractivity (Wildman–Crippen MR) is 68.4 cm³/mol. The van der Waals surface area contributed by atoms with E-state index in [9.17, 15) is 0 Å². The van der Waals surface area contributed by atoms with Crippen molar-refractivity contribution in [3.8, 4) is 11.5 Å². The molecule has 0 N–H and O–H groups in total. The van der Waals surface area contributed by atoms with Crippen LogP contribution in [0.2, 0.25) is 0 Å². The maximum absolute atomic E-state index is 6.12. The van der Waals surface area contributed by atoms with E-state index in [0.717, 1.165) is 50.4 Å². The summed E-state index contributed by atoms with van der Waals surface area (Å²) in [6.07, 6.45) is 4.32. The van der Waals surface area contributed by atoms with Crippen LogP contribution in [0.3, 0.4) is 0 Å². The van der Waals surface area contributed by atoms with E-state index in [1.165, 1.54) is 22.3 Å². The smallest absolute Gasteiger partial charge is 0.127 e. The van der Waals surface area contributed by atoms with Gasteiger partial charge >= 0.3 is 0 Å². The van der Waals surface area contributed by atoms with Crippen molar-refractivity contribution in [3.05, 3.63) is 22.3 Å². The maximum atomic E-state index is 6.12. The van der Waals surface area contributed by atoms with E-state index >= 15 is 0 Å². The molecule has 17 heavy (non-hydrogen) atoms. The highest BCUT2D eigenvalue weighted by molar-refractivity contribution is 6.17. The van der Waals surface area contributed by atoms with Crippen molar-refractivity contribution in [2.45, 2.75) is 38.5 Å². The standard InChI is InChI=1S/C14H17ClO2/c1-9-10-4-2-7-17-14(10)12(8-15)11-5-3-6-16-13(9)11/h2-8H2,1H3. The van der Waals surface area contributed by atoms with E-state index in [0.29, 0.717) is 5.88 Å². The predicted octanol–water partition coefficient (Wildman–Crippen LogP) is 3.38. The lowest BCUT2D eigenvalue weighted by molar-refractivity contribution is 0.268. The van der Waals surface area contributed by atoms with Gasteiger partial charge in [0.15, 0.2) is 0 Å². The molecule has 92 valence electrons. The summed E-state index contributed by atoms with van der Waals surface area (Å²) in [6, 6.07) is 0. The Bertz CT molecular complexity index is 417. The first kappa shape index (κ1) is 11.2. The van der Waals surface area contributed by atoms with Crippen molar-refractivity contribution in [3.63, 3.8) is 0 Å².